The number of benzene rings is 1. The summed E-state index contributed by atoms with van der Waals surface area (Å²) in [5, 5.41) is 14.5. The van der Waals surface area contributed by atoms with Gasteiger partial charge in [0.1, 0.15) is 17.4 Å². The third kappa shape index (κ3) is 4.89. The highest BCUT2D eigenvalue weighted by Crippen LogP contribution is 2.32. The molecule has 2 heterocycles. The normalized spacial score (nSPS) is 21.2. The first-order chi connectivity index (χ1) is 15.0. The van der Waals surface area contributed by atoms with E-state index in [0.717, 1.165) is 37.1 Å². The van der Waals surface area contributed by atoms with Gasteiger partial charge in [-0.05, 0) is 37.0 Å². The Kier molecular flexibility index (Phi) is 6.54. The SMILES string of the molecule is O=CN(O)CC(CC1CCCC1)C(=O)N1NCC[C@H]1C(=O)Nc1ccc2c(c1)N[NH2+]N2. The highest BCUT2D eigenvalue weighted by atomic mass is 16.5. The maximum atomic E-state index is 13.3. The van der Waals surface area contributed by atoms with Crippen LogP contribution < -0.4 is 27.1 Å². The molecule has 1 saturated heterocycles. The number of carbonyl (C=O) groups is 3. The molecule has 0 bridgehead atoms. The van der Waals surface area contributed by atoms with E-state index in [2.05, 4.69) is 21.6 Å². The van der Waals surface area contributed by atoms with E-state index in [1.807, 2.05) is 12.1 Å². The Balaban J connectivity index is 1.43. The van der Waals surface area contributed by atoms with Crippen LogP contribution in [0.2, 0.25) is 0 Å². The van der Waals surface area contributed by atoms with Gasteiger partial charge >= 0.3 is 0 Å². The van der Waals surface area contributed by atoms with Crippen LogP contribution in [0.5, 0.6) is 0 Å². The Morgan fingerprint density at radius 1 is 1.26 bits per heavy atom. The van der Waals surface area contributed by atoms with Gasteiger partial charge in [-0.25, -0.2) is 21.3 Å². The molecule has 2 atom stereocenters. The summed E-state index contributed by atoms with van der Waals surface area (Å²) in [7, 11) is 0. The van der Waals surface area contributed by atoms with Crippen molar-refractivity contribution in [2.45, 2.75) is 44.6 Å². The predicted molar refractivity (Wildman–Crippen MR) is 112 cm³/mol. The molecule has 0 aromatic heterocycles. The van der Waals surface area contributed by atoms with Crippen molar-refractivity contribution < 1.29 is 25.1 Å². The molecule has 7 N–H and O–H groups in total. The molecule has 1 aromatic carbocycles. The molecule has 0 radical (unpaired) electrons. The lowest BCUT2D eigenvalue weighted by atomic mass is 9.92. The molecule has 2 aliphatic heterocycles. The van der Waals surface area contributed by atoms with Crippen molar-refractivity contribution in [3.8, 4) is 0 Å². The number of rotatable bonds is 8. The number of hydrogen-bond acceptors (Lipinski definition) is 7. The van der Waals surface area contributed by atoms with Crippen LogP contribution in [0.4, 0.5) is 17.1 Å². The van der Waals surface area contributed by atoms with Gasteiger partial charge in [0.15, 0.2) is 0 Å². The molecular weight excluding hydrogens is 402 g/mol. The van der Waals surface area contributed by atoms with Crippen molar-refractivity contribution >= 4 is 35.3 Å². The van der Waals surface area contributed by atoms with Crippen molar-refractivity contribution in [2.75, 3.05) is 29.3 Å². The largest absolute Gasteiger partial charge is 0.324 e. The molecule has 0 spiro atoms. The van der Waals surface area contributed by atoms with Crippen molar-refractivity contribution in [3.05, 3.63) is 18.2 Å². The van der Waals surface area contributed by atoms with Crippen molar-refractivity contribution in [1.82, 2.24) is 15.5 Å². The molecule has 11 heteroatoms. The van der Waals surface area contributed by atoms with Crippen molar-refractivity contribution in [2.24, 2.45) is 11.8 Å². The summed E-state index contributed by atoms with van der Waals surface area (Å²) in [6.45, 7) is 0.423. The van der Waals surface area contributed by atoms with Crippen LogP contribution in [-0.2, 0) is 14.4 Å². The zero-order valence-electron chi connectivity index (χ0n) is 17.3. The summed E-state index contributed by atoms with van der Waals surface area (Å²) < 4.78 is 0. The van der Waals surface area contributed by atoms with Crippen LogP contribution in [0, 0.1) is 11.8 Å². The number of nitrogen functional groups attached to an aromatic ring is 2. The second kappa shape index (κ2) is 9.50. The first kappa shape index (κ1) is 21.3. The zero-order chi connectivity index (χ0) is 21.8. The Morgan fingerprint density at radius 3 is 2.81 bits per heavy atom. The maximum absolute atomic E-state index is 13.3. The number of carbonyl (C=O) groups excluding carboxylic acids is 3. The lowest BCUT2D eigenvalue weighted by molar-refractivity contribution is -0.588. The minimum absolute atomic E-state index is 0.0780. The van der Waals surface area contributed by atoms with E-state index in [1.165, 1.54) is 5.01 Å². The second-order valence-electron chi connectivity index (χ2n) is 8.41. The van der Waals surface area contributed by atoms with Crippen LogP contribution in [0.3, 0.4) is 0 Å². The molecule has 168 valence electrons. The summed E-state index contributed by atoms with van der Waals surface area (Å²) >= 11 is 0. The zero-order valence-corrected chi connectivity index (χ0v) is 17.3. The molecule has 4 rings (SSSR count). The number of hydrazine groups is 1. The highest BCUT2D eigenvalue weighted by molar-refractivity contribution is 5.98. The molecule has 1 aromatic rings. The van der Waals surface area contributed by atoms with Crippen LogP contribution >= 0.6 is 0 Å². The summed E-state index contributed by atoms with van der Waals surface area (Å²) in [6.07, 6.45) is 5.76. The molecule has 2 fully saturated rings. The van der Waals surface area contributed by atoms with Crippen LogP contribution in [-0.4, -0.2) is 52.6 Å². The van der Waals surface area contributed by atoms with Gasteiger partial charge in [-0.1, -0.05) is 25.7 Å². The molecule has 1 aliphatic carbocycles. The van der Waals surface area contributed by atoms with Gasteiger partial charge in [-0.2, -0.15) is 0 Å². The Hall–Kier alpha value is -2.89. The van der Waals surface area contributed by atoms with Crippen molar-refractivity contribution in [1.29, 1.82) is 0 Å². The number of hydroxylamine groups is 2. The van der Waals surface area contributed by atoms with Crippen LogP contribution in [0.15, 0.2) is 18.2 Å². The quantitative estimate of drug-likeness (QED) is 0.147. The molecular formula is C20H30N7O4+. The Morgan fingerprint density at radius 2 is 2.03 bits per heavy atom. The monoisotopic (exact) mass is 432 g/mol. The van der Waals surface area contributed by atoms with Crippen LogP contribution in [0.1, 0.15) is 38.5 Å². The number of fused-ring (bicyclic) bond motifs is 1. The first-order valence-electron chi connectivity index (χ1n) is 10.8. The van der Waals surface area contributed by atoms with Gasteiger partial charge in [0.25, 0.3) is 0 Å². The summed E-state index contributed by atoms with van der Waals surface area (Å²) in [5.74, 6) is -0.706. The number of hydrogen-bond donors (Lipinski definition) is 6. The second-order valence-corrected chi connectivity index (χ2v) is 8.41. The van der Waals surface area contributed by atoms with E-state index in [0.29, 0.717) is 42.5 Å². The van der Waals surface area contributed by atoms with Gasteiger partial charge in [-0.3, -0.25) is 24.6 Å². The minimum atomic E-state index is -0.659. The van der Waals surface area contributed by atoms with E-state index in [4.69, 9.17) is 0 Å². The molecule has 11 nitrogen and oxygen atoms in total. The van der Waals surface area contributed by atoms with E-state index in [1.54, 1.807) is 11.6 Å². The molecule has 3 amide bonds. The number of nitrogens with two attached hydrogens (primary N) is 1. The lowest BCUT2D eigenvalue weighted by Gasteiger charge is -2.30. The van der Waals surface area contributed by atoms with Gasteiger partial charge in [0.2, 0.25) is 18.2 Å². The van der Waals surface area contributed by atoms with Gasteiger partial charge in [0.05, 0.1) is 12.5 Å². The van der Waals surface area contributed by atoms with E-state index < -0.39 is 12.0 Å². The third-order valence-corrected chi connectivity index (χ3v) is 6.27. The third-order valence-electron chi connectivity index (χ3n) is 6.27. The first-order valence-corrected chi connectivity index (χ1v) is 10.8. The summed E-state index contributed by atoms with van der Waals surface area (Å²) in [4.78, 5) is 37.2. The summed E-state index contributed by atoms with van der Waals surface area (Å²) in [5.41, 5.74) is 13.3. The summed E-state index contributed by atoms with van der Waals surface area (Å²) in [6, 6.07) is 4.84. The molecule has 31 heavy (non-hydrogen) atoms. The molecule has 3 aliphatic rings. The van der Waals surface area contributed by atoms with E-state index >= 15 is 0 Å². The number of nitrogens with one attached hydrogen (secondary N) is 4. The number of amides is 3. The predicted octanol–water partition coefficient (Wildman–Crippen LogP) is 0.00550. The Bertz CT molecular complexity index is 830. The molecule has 1 unspecified atom stereocenters. The topological polar surface area (TPSA) is 143 Å². The fourth-order valence-electron chi connectivity index (χ4n) is 4.69. The lowest BCUT2D eigenvalue weighted by Crippen LogP contribution is -2.89. The minimum Gasteiger partial charge on any atom is -0.324 e. The number of quaternary nitrogens is 1. The van der Waals surface area contributed by atoms with Gasteiger partial charge in [0, 0.05) is 12.2 Å². The highest BCUT2D eigenvalue weighted by Gasteiger charge is 2.39. The average Bonchev–Trinajstić information content (AvgIpc) is 3.53. The number of anilines is 3. The van der Waals surface area contributed by atoms with Gasteiger partial charge < -0.3 is 5.32 Å². The van der Waals surface area contributed by atoms with E-state index in [-0.39, 0.29) is 18.4 Å². The maximum Gasteiger partial charge on any atom is 0.248 e. The fraction of sp³-hybridized carbons (Fsp3) is 0.550. The van der Waals surface area contributed by atoms with Crippen molar-refractivity contribution in [3.63, 3.8) is 0 Å². The Labute approximate surface area is 180 Å². The van der Waals surface area contributed by atoms with Gasteiger partial charge in [-0.15, -0.1) is 5.53 Å². The standard InChI is InChI=1S/C20H29N7O4/c28-12-26(31)11-14(9-13-3-1-2-4-13)20(30)27-18(7-8-21-27)19(29)22-15-5-6-16-17(10-15)24-25-23-16/h5-6,10,12-14,18,21,23-25,31H,1-4,7-9,11H2,(H,22,29)/p+1/t14?,18-/m0/s1. The number of nitrogens with zero attached hydrogens (tertiary/aromatic N) is 2. The fourth-order valence-corrected chi connectivity index (χ4v) is 4.69. The van der Waals surface area contributed by atoms with E-state index in [9.17, 15) is 19.6 Å². The molecule has 1 saturated carbocycles. The smallest absolute Gasteiger partial charge is 0.248 e. The van der Waals surface area contributed by atoms with Crippen LogP contribution in [0.25, 0.3) is 0 Å². The average molecular weight is 433 g/mol.